The number of ether oxygens (including phenoxy) is 2. The van der Waals surface area contributed by atoms with Crippen molar-refractivity contribution in [2.75, 3.05) is 7.11 Å². The molecule has 5 heteroatoms. The summed E-state index contributed by atoms with van der Waals surface area (Å²) in [5.74, 6) is 1.23. The van der Waals surface area contributed by atoms with Gasteiger partial charge in [0.05, 0.1) is 18.1 Å². The fraction of sp³-hybridized carbons (Fsp3) is 0.250. The van der Waals surface area contributed by atoms with E-state index < -0.39 is 10.5 Å². The van der Waals surface area contributed by atoms with Gasteiger partial charge < -0.3 is 9.47 Å². The van der Waals surface area contributed by atoms with Crippen LogP contribution in [0.1, 0.15) is 19.4 Å². The highest BCUT2D eigenvalue weighted by molar-refractivity contribution is 5.39. The average Bonchev–Trinajstić information content (AvgIpc) is 2.47. The van der Waals surface area contributed by atoms with Gasteiger partial charge in [0.1, 0.15) is 17.1 Å². The molecule has 0 unspecified atom stereocenters. The summed E-state index contributed by atoms with van der Waals surface area (Å²) in [5, 5.41) is 10.8. The normalized spacial score (nSPS) is 11.0. The van der Waals surface area contributed by atoms with Gasteiger partial charge in [-0.15, -0.1) is 0 Å². The van der Waals surface area contributed by atoms with Crippen molar-refractivity contribution < 1.29 is 14.4 Å². The Morgan fingerprint density at radius 1 is 1.05 bits per heavy atom. The summed E-state index contributed by atoms with van der Waals surface area (Å²) in [7, 11) is 1.61. The molecule has 0 N–H and O–H groups in total. The summed E-state index contributed by atoms with van der Waals surface area (Å²) in [6.07, 6.45) is 0. The van der Waals surface area contributed by atoms with Gasteiger partial charge in [-0.05, 0) is 37.6 Å². The Morgan fingerprint density at radius 2 is 1.71 bits per heavy atom. The van der Waals surface area contributed by atoms with Gasteiger partial charge >= 0.3 is 0 Å². The van der Waals surface area contributed by atoms with E-state index in [0.29, 0.717) is 5.75 Å². The van der Waals surface area contributed by atoms with Crippen molar-refractivity contribution in [1.82, 2.24) is 0 Å². The second-order valence-corrected chi connectivity index (χ2v) is 5.10. The number of hydrogen-bond acceptors (Lipinski definition) is 4. The predicted octanol–water partition coefficient (Wildman–Crippen LogP) is 3.92. The molecule has 0 aromatic heterocycles. The number of benzene rings is 2. The second kappa shape index (κ2) is 5.83. The third-order valence-electron chi connectivity index (χ3n) is 3.19. The molecule has 110 valence electrons. The lowest BCUT2D eigenvalue weighted by atomic mass is 9.98. The minimum atomic E-state index is -0.610. The molecule has 2 aromatic rings. The predicted molar refractivity (Wildman–Crippen MR) is 79.7 cm³/mol. The Kier molecular flexibility index (Phi) is 4.12. The van der Waals surface area contributed by atoms with E-state index in [9.17, 15) is 10.1 Å². The van der Waals surface area contributed by atoms with E-state index in [0.717, 1.165) is 11.3 Å². The van der Waals surface area contributed by atoms with E-state index in [4.69, 9.17) is 9.47 Å². The second-order valence-electron chi connectivity index (χ2n) is 5.10. The Balaban J connectivity index is 2.23. The van der Waals surface area contributed by atoms with Gasteiger partial charge in [-0.3, -0.25) is 10.1 Å². The summed E-state index contributed by atoms with van der Waals surface area (Å²) < 4.78 is 11.0. The van der Waals surface area contributed by atoms with Crippen molar-refractivity contribution in [2.45, 2.75) is 19.4 Å². The molecule has 0 saturated heterocycles. The topological polar surface area (TPSA) is 61.6 Å². The molecule has 0 saturated carbocycles. The summed E-state index contributed by atoms with van der Waals surface area (Å²) in [5.41, 5.74) is 0.356. The first-order valence-electron chi connectivity index (χ1n) is 6.50. The van der Waals surface area contributed by atoms with Crippen LogP contribution in [0.25, 0.3) is 0 Å². The summed E-state index contributed by atoms with van der Waals surface area (Å²) >= 11 is 0. The number of nitro groups is 1. The Hall–Kier alpha value is -2.56. The zero-order valence-electron chi connectivity index (χ0n) is 12.2. The van der Waals surface area contributed by atoms with Crippen molar-refractivity contribution in [1.29, 1.82) is 0 Å². The fourth-order valence-electron chi connectivity index (χ4n) is 2.01. The lowest BCUT2D eigenvalue weighted by Gasteiger charge is -2.27. The van der Waals surface area contributed by atoms with Crippen LogP contribution in [0.2, 0.25) is 0 Å². The molecule has 5 nitrogen and oxygen atoms in total. The zero-order chi connectivity index (χ0) is 15.5. The number of nitro benzene ring substituents is 1. The monoisotopic (exact) mass is 287 g/mol. The molecule has 0 aliphatic rings. The third kappa shape index (κ3) is 3.51. The van der Waals surface area contributed by atoms with E-state index in [1.54, 1.807) is 19.2 Å². The van der Waals surface area contributed by atoms with Gasteiger partial charge in [0.2, 0.25) is 0 Å². The van der Waals surface area contributed by atoms with Gasteiger partial charge in [0.15, 0.2) is 0 Å². The molecule has 0 aliphatic heterocycles. The van der Waals surface area contributed by atoms with Gasteiger partial charge in [-0.2, -0.15) is 0 Å². The van der Waals surface area contributed by atoms with E-state index >= 15 is 0 Å². The molecular formula is C16H17NO4. The van der Waals surface area contributed by atoms with E-state index in [1.165, 1.54) is 12.1 Å². The molecule has 2 rings (SSSR count). The minimum Gasteiger partial charge on any atom is -0.497 e. The number of hydrogen-bond donors (Lipinski definition) is 0. The van der Waals surface area contributed by atoms with Gasteiger partial charge in [0, 0.05) is 6.07 Å². The maximum atomic E-state index is 10.8. The van der Waals surface area contributed by atoms with E-state index in [1.807, 2.05) is 38.1 Å². The van der Waals surface area contributed by atoms with E-state index in [2.05, 4.69) is 0 Å². The van der Waals surface area contributed by atoms with Crippen LogP contribution in [-0.2, 0) is 5.60 Å². The molecule has 0 atom stereocenters. The van der Waals surface area contributed by atoms with Crippen LogP contribution in [0.4, 0.5) is 5.69 Å². The first-order valence-corrected chi connectivity index (χ1v) is 6.50. The molecule has 0 bridgehead atoms. The summed E-state index contributed by atoms with van der Waals surface area (Å²) in [6, 6.07) is 13.7. The highest BCUT2D eigenvalue weighted by Crippen LogP contribution is 2.30. The van der Waals surface area contributed by atoms with Gasteiger partial charge in [-0.25, -0.2) is 0 Å². The molecule has 0 aliphatic carbocycles. The highest BCUT2D eigenvalue weighted by Gasteiger charge is 2.23. The Bertz CT molecular complexity index is 635. The molecule has 0 heterocycles. The summed E-state index contributed by atoms with van der Waals surface area (Å²) in [6.45, 7) is 3.82. The van der Waals surface area contributed by atoms with E-state index in [-0.39, 0.29) is 5.69 Å². The molecule has 21 heavy (non-hydrogen) atoms. The molecule has 0 radical (unpaired) electrons. The fourth-order valence-corrected chi connectivity index (χ4v) is 2.01. The standard InChI is InChI=1S/C16H17NO4/c1-16(2,12-7-9-14(20-3)10-8-12)21-15-6-4-5-13(11-15)17(18)19/h4-11H,1-3H3. The Morgan fingerprint density at radius 3 is 2.29 bits per heavy atom. The molecule has 0 spiro atoms. The lowest BCUT2D eigenvalue weighted by Crippen LogP contribution is -2.25. The molecule has 0 amide bonds. The molecule has 0 fully saturated rings. The number of non-ortho nitro benzene ring substituents is 1. The van der Waals surface area contributed by atoms with Crippen molar-refractivity contribution in [2.24, 2.45) is 0 Å². The average molecular weight is 287 g/mol. The number of methoxy groups -OCH3 is 1. The van der Waals surface area contributed by atoms with Crippen molar-refractivity contribution in [3.05, 3.63) is 64.2 Å². The van der Waals surface area contributed by atoms with Crippen molar-refractivity contribution >= 4 is 5.69 Å². The van der Waals surface area contributed by atoms with Crippen LogP contribution < -0.4 is 9.47 Å². The maximum Gasteiger partial charge on any atom is 0.273 e. The van der Waals surface area contributed by atoms with Crippen LogP contribution in [0.5, 0.6) is 11.5 Å². The van der Waals surface area contributed by atoms with Crippen molar-refractivity contribution in [3.8, 4) is 11.5 Å². The zero-order valence-corrected chi connectivity index (χ0v) is 12.2. The van der Waals surface area contributed by atoms with Crippen LogP contribution >= 0.6 is 0 Å². The number of nitrogens with zero attached hydrogens (tertiary/aromatic N) is 1. The lowest BCUT2D eigenvalue weighted by molar-refractivity contribution is -0.385. The third-order valence-corrected chi connectivity index (χ3v) is 3.19. The maximum absolute atomic E-state index is 10.8. The minimum absolute atomic E-state index is 0.0121. The smallest absolute Gasteiger partial charge is 0.273 e. The molecule has 2 aromatic carbocycles. The number of rotatable bonds is 5. The van der Waals surface area contributed by atoms with Crippen LogP contribution in [0.3, 0.4) is 0 Å². The van der Waals surface area contributed by atoms with Gasteiger partial charge in [0.25, 0.3) is 5.69 Å². The quantitative estimate of drug-likeness (QED) is 0.617. The Labute approximate surface area is 123 Å². The largest absolute Gasteiger partial charge is 0.497 e. The first-order chi connectivity index (χ1) is 9.92. The molecular weight excluding hydrogens is 270 g/mol. The van der Waals surface area contributed by atoms with Crippen LogP contribution in [0.15, 0.2) is 48.5 Å². The van der Waals surface area contributed by atoms with Crippen LogP contribution in [-0.4, -0.2) is 12.0 Å². The summed E-state index contributed by atoms with van der Waals surface area (Å²) in [4.78, 5) is 10.4. The van der Waals surface area contributed by atoms with Crippen molar-refractivity contribution in [3.63, 3.8) is 0 Å². The van der Waals surface area contributed by atoms with Gasteiger partial charge in [-0.1, -0.05) is 18.2 Å². The SMILES string of the molecule is COc1ccc(C(C)(C)Oc2cccc([N+](=O)[O-])c2)cc1. The first kappa shape index (κ1) is 14.8. The highest BCUT2D eigenvalue weighted by atomic mass is 16.6. The van der Waals surface area contributed by atoms with Crippen LogP contribution in [0, 0.1) is 10.1 Å².